The molecule has 8 heteroatoms. The van der Waals surface area contributed by atoms with Gasteiger partial charge in [-0.05, 0) is 54.0 Å². The first-order valence-corrected chi connectivity index (χ1v) is 7.91. The maximum absolute atomic E-state index is 14.2. The monoisotopic (exact) mass is 369 g/mol. The zero-order valence-electron chi connectivity index (χ0n) is 16.0. The van der Waals surface area contributed by atoms with E-state index in [4.69, 9.17) is 9.47 Å². The SMILES string of the molecule is Cc1c(F)cc(N(C(=O)OC(C)(C)C)C(=O)OC(C)(C)C)c(O)c1C=O. The number of imide groups is 1. The number of ether oxygens (including phenoxy) is 2. The summed E-state index contributed by atoms with van der Waals surface area (Å²) in [5, 5.41) is 10.3. The molecule has 1 rings (SSSR count). The maximum Gasteiger partial charge on any atom is 0.424 e. The Kier molecular flexibility index (Phi) is 6.02. The topological polar surface area (TPSA) is 93.1 Å². The van der Waals surface area contributed by atoms with Crippen molar-refractivity contribution in [1.29, 1.82) is 0 Å². The van der Waals surface area contributed by atoms with Gasteiger partial charge in [0.15, 0.2) is 12.0 Å². The zero-order chi connectivity index (χ0) is 20.4. The molecule has 1 aromatic carbocycles. The van der Waals surface area contributed by atoms with Gasteiger partial charge in [0.1, 0.15) is 22.7 Å². The minimum Gasteiger partial charge on any atom is -0.505 e. The molecule has 0 spiro atoms. The second-order valence-electron chi connectivity index (χ2n) is 7.68. The quantitative estimate of drug-likeness (QED) is 0.780. The molecular formula is C18H24FNO6. The molecule has 0 aliphatic carbocycles. The van der Waals surface area contributed by atoms with Crippen LogP contribution in [-0.2, 0) is 9.47 Å². The predicted molar refractivity (Wildman–Crippen MR) is 93.1 cm³/mol. The van der Waals surface area contributed by atoms with Gasteiger partial charge in [-0.1, -0.05) is 0 Å². The summed E-state index contributed by atoms with van der Waals surface area (Å²) in [5.41, 5.74) is -2.97. The van der Waals surface area contributed by atoms with E-state index in [9.17, 15) is 23.9 Å². The van der Waals surface area contributed by atoms with Crippen LogP contribution in [-0.4, -0.2) is 34.8 Å². The number of phenols is 1. The highest BCUT2D eigenvalue weighted by Gasteiger charge is 2.35. The van der Waals surface area contributed by atoms with E-state index in [0.717, 1.165) is 6.07 Å². The number of aldehydes is 1. The molecule has 7 nitrogen and oxygen atoms in total. The van der Waals surface area contributed by atoms with Gasteiger partial charge in [0, 0.05) is 6.07 Å². The third kappa shape index (κ3) is 5.18. The Labute approximate surface area is 151 Å². The van der Waals surface area contributed by atoms with Crippen molar-refractivity contribution in [3.63, 3.8) is 0 Å². The third-order valence-electron chi connectivity index (χ3n) is 3.03. The number of carbonyl (C=O) groups excluding carboxylic acids is 3. The van der Waals surface area contributed by atoms with Crippen molar-refractivity contribution >= 4 is 24.2 Å². The van der Waals surface area contributed by atoms with E-state index in [-0.39, 0.29) is 17.4 Å². The molecule has 0 atom stereocenters. The first-order valence-electron chi connectivity index (χ1n) is 7.91. The lowest BCUT2D eigenvalue weighted by Crippen LogP contribution is -2.44. The molecule has 1 N–H and O–H groups in total. The van der Waals surface area contributed by atoms with Crippen molar-refractivity contribution < 1.29 is 33.4 Å². The molecule has 0 heterocycles. The number of hydrogen-bond acceptors (Lipinski definition) is 6. The van der Waals surface area contributed by atoms with Crippen LogP contribution >= 0.6 is 0 Å². The molecule has 1 aromatic rings. The summed E-state index contributed by atoms with van der Waals surface area (Å²) in [4.78, 5) is 36.6. The number of amides is 2. The standard InChI is InChI=1S/C18H24FNO6/c1-10-11(9-21)14(22)13(8-12(10)19)20(15(23)25-17(2,3)4)16(24)26-18(5,6)7/h8-9,22H,1-7H3. The minimum atomic E-state index is -1.18. The summed E-state index contributed by atoms with van der Waals surface area (Å²) >= 11 is 0. The largest absolute Gasteiger partial charge is 0.505 e. The van der Waals surface area contributed by atoms with E-state index in [1.165, 1.54) is 6.92 Å². The number of aromatic hydroxyl groups is 1. The molecule has 0 fully saturated rings. The molecular weight excluding hydrogens is 345 g/mol. The maximum atomic E-state index is 14.2. The fraction of sp³-hybridized carbons (Fsp3) is 0.500. The van der Waals surface area contributed by atoms with Gasteiger partial charge in [0.25, 0.3) is 0 Å². The fourth-order valence-corrected chi connectivity index (χ4v) is 1.94. The van der Waals surface area contributed by atoms with Gasteiger partial charge in [0.05, 0.1) is 5.56 Å². The van der Waals surface area contributed by atoms with Crippen molar-refractivity contribution in [3.05, 3.63) is 23.0 Å². The number of anilines is 1. The Hall–Kier alpha value is -2.64. The molecule has 0 bridgehead atoms. The Morgan fingerprint density at radius 1 is 1.08 bits per heavy atom. The summed E-state index contributed by atoms with van der Waals surface area (Å²) in [6.45, 7) is 10.7. The lowest BCUT2D eigenvalue weighted by atomic mass is 10.1. The summed E-state index contributed by atoms with van der Waals surface area (Å²) in [7, 11) is 0. The first kappa shape index (κ1) is 21.4. The molecule has 0 aromatic heterocycles. The van der Waals surface area contributed by atoms with E-state index >= 15 is 0 Å². The summed E-state index contributed by atoms with van der Waals surface area (Å²) in [6, 6.07) is 0.769. The van der Waals surface area contributed by atoms with Gasteiger partial charge < -0.3 is 14.6 Å². The van der Waals surface area contributed by atoms with Crippen LogP contribution < -0.4 is 4.90 Å². The first-order chi connectivity index (χ1) is 11.7. The minimum absolute atomic E-state index is 0.116. The van der Waals surface area contributed by atoms with Gasteiger partial charge in [-0.3, -0.25) is 4.79 Å². The number of rotatable bonds is 2. The van der Waals surface area contributed by atoms with Gasteiger partial charge in [-0.15, -0.1) is 0 Å². The molecule has 144 valence electrons. The van der Waals surface area contributed by atoms with Crippen LogP contribution in [0.1, 0.15) is 57.5 Å². The Morgan fingerprint density at radius 2 is 1.50 bits per heavy atom. The number of hydrogen-bond donors (Lipinski definition) is 1. The van der Waals surface area contributed by atoms with Crippen LogP contribution in [0.4, 0.5) is 19.7 Å². The van der Waals surface area contributed by atoms with Gasteiger partial charge in [-0.2, -0.15) is 4.90 Å². The van der Waals surface area contributed by atoms with Crippen molar-refractivity contribution in [2.75, 3.05) is 4.90 Å². The number of nitrogens with zero attached hydrogens (tertiary/aromatic N) is 1. The van der Waals surface area contributed by atoms with Crippen molar-refractivity contribution in [2.45, 2.75) is 59.7 Å². The Balaban J connectivity index is 3.56. The van der Waals surface area contributed by atoms with Crippen LogP contribution in [0.25, 0.3) is 0 Å². The highest BCUT2D eigenvalue weighted by Crippen LogP contribution is 2.35. The van der Waals surface area contributed by atoms with Crippen molar-refractivity contribution in [2.24, 2.45) is 0 Å². The van der Waals surface area contributed by atoms with Gasteiger partial charge in [0.2, 0.25) is 0 Å². The highest BCUT2D eigenvalue weighted by atomic mass is 19.1. The number of benzene rings is 1. The highest BCUT2D eigenvalue weighted by molar-refractivity contribution is 6.11. The molecule has 26 heavy (non-hydrogen) atoms. The normalized spacial score (nSPS) is 11.7. The second-order valence-corrected chi connectivity index (χ2v) is 7.68. The molecule has 0 aliphatic rings. The van der Waals surface area contributed by atoms with Gasteiger partial charge >= 0.3 is 12.2 Å². The molecule has 0 unspecified atom stereocenters. The number of carbonyl (C=O) groups is 3. The fourth-order valence-electron chi connectivity index (χ4n) is 1.94. The molecule has 0 saturated heterocycles. The van der Waals surface area contributed by atoms with Crippen molar-refractivity contribution in [1.82, 2.24) is 0 Å². The second kappa shape index (κ2) is 7.31. The molecule has 0 saturated carbocycles. The third-order valence-corrected chi connectivity index (χ3v) is 3.03. The van der Waals surface area contributed by atoms with Crippen LogP contribution in [0, 0.1) is 12.7 Å². The summed E-state index contributed by atoms with van der Waals surface area (Å²) < 4.78 is 24.5. The van der Waals surface area contributed by atoms with Crippen LogP contribution in [0.15, 0.2) is 6.07 Å². The zero-order valence-corrected chi connectivity index (χ0v) is 16.0. The lowest BCUT2D eigenvalue weighted by molar-refractivity contribution is 0.0428. The number of halogens is 1. The van der Waals surface area contributed by atoms with E-state index < -0.39 is 40.6 Å². The summed E-state index contributed by atoms with van der Waals surface area (Å²) in [5.74, 6) is -1.60. The number of phenolic OH excluding ortho intramolecular Hbond substituents is 1. The molecule has 0 aliphatic heterocycles. The lowest BCUT2D eigenvalue weighted by Gasteiger charge is -2.29. The van der Waals surface area contributed by atoms with E-state index in [0.29, 0.717) is 4.90 Å². The van der Waals surface area contributed by atoms with Crippen LogP contribution in [0.5, 0.6) is 5.75 Å². The summed E-state index contributed by atoms with van der Waals surface area (Å²) in [6.07, 6.45) is -2.12. The van der Waals surface area contributed by atoms with Crippen molar-refractivity contribution in [3.8, 4) is 5.75 Å². The predicted octanol–water partition coefficient (Wildman–Crippen LogP) is 4.33. The van der Waals surface area contributed by atoms with Crippen LogP contribution in [0.2, 0.25) is 0 Å². The van der Waals surface area contributed by atoms with E-state index in [2.05, 4.69) is 0 Å². The van der Waals surface area contributed by atoms with E-state index in [1.807, 2.05) is 0 Å². The average Bonchev–Trinajstić information content (AvgIpc) is 2.41. The van der Waals surface area contributed by atoms with Crippen LogP contribution in [0.3, 0.4) is 0 Å². The smallest absolute Gasteiger partial charge is 0.424 e. The Morgan fingerprint density at radius 3 is 1.85 bits per heavy atom. The molecule has 0 radical (unpaired) electrons. The molecule has 2 amide bonds. The van der Waals surface area contributed by atoms with E-state index in [1.54, 1.807) is 41.5 Å². The Bertz CT molecular complexity index is 703. The van der Waals surface area contributed by atoms with Gasteiger partial charge in [-0.25, -0.2) is 14.0 Å². The average molecular weight is 369 g/mol.